The fourth-order valence-corrected chi connectivity index (χ4v) is 5.08. The molecule has 0 fully saturated rings. The third-order valence-corrected chi connectivity index (χ3v) is 6.27. The summed E-state index contributed by atoms with van der Waals surface area (Å²) in [7, 11) is 1.54. The molecule has 2 N–H and O–H groups in total. The summed E-state index contributed by atoms with van der Waals surface area (Å²) in [6, 6.07) is 0. The quantitative estimate of drug-likeness (QED) is 0.624. The Hall–Kier alpha value is -1.67. The average molecular weight is 364 g/mol. The van der Waals surface area contributed by atoms with Crippen molar-refractivity contribution < 1.29 is 9.59 Å². The van der Waals surface area contributed by atoms with E-state index in [1.165, 1.54) is 28.6 Å². The van der Waals surface area contributed by atoms with Crippen LogP contribution in [0.1, 0.15) is 23.8 Å². The Morgan fingerprint density at radius 3 is 3.00 bits per heavy atom. The highest BCUT2D eigenvalue weighted by Crippen LogP contribution is 2.40. The number of thiophene rings is 1. The maximum absolute atomic E-state index is 11.9. The van der Waals surface area contributed by atoms with Crippen LogP contribution in [0.15, 0.2) is 11.4 Å². The molecule has 3 rings (SSSR count). The van der Waals surface area contributed by atoms with Crippen molar-refractivity contribution in [3.63, 3.8) is 0 Å². The zero-order valence-corrected chi connectivity index (χ0v) is 15.4. The van der Waals surface area contributed by atoms with Gasteiger partial charge in [-0.25, -0.2) is 9.97 Å². The molecular weight excluding hydrogens is 344 g/mol. The highest BCUT2D eigenvalue weighted by molar-refractivity contribution is 8.00. The van der Waals surface area contributed by atoms with Gasteiger partial charge in [0.2, 0.25) is 11.8 Å². The van der Waals surface area contributed by atoms with Crippen molar-refractivity contribution in [3.05, 3.63) is 16.8 Å². The molecule has 0 saturated heterocycles. The number of aryl methyl sites for hydroxylation is 1. The third kappa shape index (κ3) is 3.70. The Morgan fingerprint density at radius 2 is 2.21 bits per heavy atom. The molecule has 6 nitrogen and oxygen atoms in total. The van der Waals surface area contributed by atoms with Gasteiger partial charge in [-0.2, -0.15) is 0 Å². The van der Waals surface area contributed by atoms with Gasteiger partial charge in [0.05, 0.1) is 12.3 Å². The minimum atomic E-state index is -0.209. The van der Waals surface area contributed by atoms with Crippen LogP contribution in [0.2, 0.25) is 0 Å². The fourth-order valence-electron chi connectivity index (χ4n) is 2.81. The lowest BCUT2D eigenvalue weighted by molar-refractivity contribution is -0.124. The maximum Gasteiger partial charge on any atom is 0.239 e. The topological polar surface area (TPSA) is 84.0 Å². The summed E-state index contributed by atoms with van der Waals surface area (Å²) in [6.45, 7) is 2.28. The molecule has 1 aliphatic carbocycles. The molecule has 0 spiro atoms. The Balaban J connectivity index is 1.73. The van der Waals surface area contributed by atoms with E-state index in [0.29, 0.717) is 5.92 Å². The van der Waals surface area contributed by atoms with E-state index in [0.717, 1.165) is 28.1 Å². The van der Waals surface area contributed by atoms with Gasteiger partial charge in [-0.15, -0.1) is 11.3 Å². The number of nitrogens with zero attached hydrogens (tertiary/aromatic N) is 2. The summed E-state index contributed by atoms with van der Waals surface area (Å²) < 4.78 is 0. The number of hydrogen-bond donors (Lipinski definition) is 2. The summed E-state index contributed by atoms with van der Waals surface area (Å²) in [4.78, 5) is 34.3. The molecule has 2 aromatic rings. The normalized spacial score (nSPS) is 16.7. The van der Waals surface area contributed by atoms with Crippen LogP contribution in [-0.2, 0) is 22.4 Å². The van der Waals surface area contributed by atoms with Gasteiger partial charge < -0.3 is 10.6 Å². The molecule has 0 bridgehead atoms. The monoisotopic (exact) mass is 364 g/mol. The predicted molar refractivity (Wildman–Crippen MR) is 96.4 cm³/mol. The van der Waals surface area contributed by atoms with Crippen molar-refractivity contribution in [2.24, 2.45) is 5.92 Å². The lowest BCUT2D eigenvalue weighted by atomic mass is 9.89. The smallest absolute Gasteiger partial charge is 0.239 e. The minimum Gasteiger partial charge on any atom is -0.358 e. The molecule has 2 aromatic heterocycles. The molecule has 0 aromatic carbocycles. The Bertz CT molecular complexity index is 775. The SMILES string of the molecule is CNC(=O)CNC(=O)CSc1ncnc2sc3c(c12)CC[C@@H](C)C3. The highest BCUT2D eigenvalue weighted by Gasteiger charge is 2.23. The number of aromatic nitrogens is 2. The number of carbonyl (C=O) groups is 2. The van der Waals surface area contributed by atoms with Crippen LogP contribution in [-0.4, -0.2) is 41.1 Å². The fraction of sp³-hybridized carbons (Fsp3) is 0.500. The first-order valence-corrected chi connectivity index (χ1v) is 9.74. The Morgan fingerprint density at radius 1 is 1.38 bits per heavy atom. The maximum atomic E-state index is 11.9. The largest absolute Gasteiger partial charge is 0.358 e. The van der Waals surface area contributed by atoms with Crippen LogP contribution in [0.25, 0.3) is 10.2 Å². The molecule has 1 aliphatic rings. The molecule has 24 heavy (non-hydrogen) atoms. The third-order valence-electron chi connectivity index (χ3n) is 4.12. The number of hydrogen-bond acceptors (Lipinski definition) is 6. The van der Waals surface area contributed by atoms with Crippen molar-refractivity contribution in [1.82, 2.24) is 20.6 Å². The van der Waals surface area contributed by atoms with Gasteiger partial charge >= 0.3 is 0 Å². The second-order valence-corrected chi connectivity index (χ2v) is 8.00. The van der Waals surface area contributed by atoms with E-state index < -0.39 is 0 Å². The zero-order valence-electron chi connectivity index (χ0n) is 13.7. The first kappa shape index (κ1) is 17.2. The molecule has 0 saturated carbocycles. The second kappa shape index (κ2) is 7.48. The predicted octanol–water partition coefficient (Wildman–Crippen LogP) is 1.77. The minimum absolute atomic E-state index is 0.000809. The summed E-state index contributed by atoms with van der Waals surface area (Å²) in [6.07, 6.45) is 4.91. The number of amides is 2. The first-order valence-electron chi connectivity index (χ1n) is 7.93. The van der Waals surface area contributed by atoms with E-state index >= 15 is 0 Å². The summed E-state index contributed by atoms with van der Waals surface area (Å²) in [5.41, 5.74) is 1.36. The Kier molecular flexibility index (Phi) is 5.35. The lowest BCUT2D eigenvalue weighted by Crippen LogP contribution is -2.36. The van der Waals surface area contributed by atoms with E-state index in [4.69, 9.17) is 0 Å². The van der Waals surface area contributed by atoms with Gasteiger partial charge in [-0.05, 0) is 30.7 Å². The molecule has 128 valence electrons. The highest BCUT2D eigenvalue weighted by atomic mass is 32.2. The molecule has 2 heterocycles. The van der Waals surface area contributed by atoms with Crippen LogP contribution < -0.4 is 10.6 Å². The van der Waals surface area contributed by atoms with Crippen molar-refractivity contribution in [2.45, 2.75) is 31.2 Å². The van der Waals surface area contributed by atoms with Crippen LogP contribution in [0, 0.1) is 5.92 Å². The van der Waals surface area contributed by atoms with E-state index in [1.807, 2.05) is 0 Å². The average Bonchev–Trinajstić information content (AvgIpc) is 2.95. The summed E-state index contributed by atoms with van der Waals surface area (Å²) in [5, 5.41) is 7.06. The van der Waals surface area contributed by atoms with Gasteiger partial charge in [0, 0.05) is 17.3 Å². The van der Waals surface area contributed by atoms with Crippen molar-refractivity contribution in [1.29, 1.82) is 0 Å². The molecule has 2 amide bonds. The number of carbonyl (C=O) groups excluding carboxylic acids is 2. The van der Waals surface area contributed by atoms with Gasteiger partial charge in [-0.3, -0.25) is 9.59 Å². The van der Waals surface area contributed by atoms with Gasteiger partial charge in [0.25, 0.3) is 0 Å². The zero-order chi connectivity index (χ0) is 17.1. The molecular formula is C16H20N4O2S2. The van der Waals surface area contributed by atoms with E-state index in [-0.39, 0.29) is 24.1 Å². The molecule has 1 atom stereocenters. The Labute approximate surface area is 148 Å². The van der Waals surface area contributed by atoms with Gasteiger partial charge in [0.1, 0.15) is 16.2 Å². The number of thioether (sulfide) groups is 1. The van der Waals surface area contributed by atoms with Crippen molar-refractivity contribution in [2.75, 3.05) is 19.3 Å². The number of rotatable bonds is 5. The van der Waals surface area contributed by atoms with Crippen LogP contribution in [0.3, 0.4) is 0 Å². The second-order valence-electron chi connectivity index (χ2n) is 5.95. The van der Waals surface area contributed by atoms with Crippen LogP contribution >= 0.6 is 23.1 Å². The van der Waals surface area contributed by atoms with E-state index in [1.54, 1.807) is 24.7 Å². The van der Waals surface area contributed by atoms with E-state index in [9.17, 15) is 9.59 Å². The lowest BCUT2D eigenvalue weighted by Gasteiger charge is -2.18. The molecule has 0 unspecified atom stereocenters. The van der Waals surface area contributed by atoms with Crippen molar-refractivity contribution >= 4 is 45.1 Å². The number of likely N-dealkylation sites (N-methyl/N-ethyl adjacent to an activating group) is 1. The van der Waals surface area contributed by atoms with Crippen molar-refractivity contribution in [3.8, 4) is 0 Å². The van der Waals surface area contributed by atoms with Gasteiger partial charge in [0.15, 0.2) is 0 Å². The molecule has 0 radical (unpaired) electrons. The van der Waals surface area contributed by atoms with Crippen LogP contribution in [0.4, 0.5) is 0 Å². The summed E-state index contributed by atoms with van der Waals surface area (Å²) in [5.74, 6) is 0.571. The standard InChI is InChI=1S/C16H20N4O2S2/c1-9-3-4-10-11(5-9)24-16-14(10)15(19-8-20-16)23-7-13(22)18-6-12(21)17-2/h8-9H,3-7H2,1-2H3,(H,17,21)(H,18,22)/t9-/m1/s1. The van der Waals surface area contributed by atoms with Gasteiger partial charge in [-0.1, -0.05) is 18.7 Å². The molecule has 8 heteroatoms. The van der Waals surface area contributed by atoms with E-state index in [2.05, 4.69) is 27.5 Å². The number of fused-ring (bicyclic) bond motifs is 3. The number of nitrogens with one attached hydrogen (secondary N) is 2. The molecule has 0 aliphatic heterocycles. The summed E-state index contributed by atoms with van der Waals surface area (Å²) >= 11 is 3.16. The van der Waals surface area contributed by atoms with Crippen LogP contribution in [0.5, 0.6) is 0 Å². The first-order chi connectivity index (χ1) is 11.6.